The summed E-state index contributed by atoms with van der Waals surface area (Å²) in [6.07, 6.45) is 0. The van der Waals surface area contributed by atoms with Crippen molar-refractivity contribution in [3.05, 3.63) is 83.0 Å². The fourth-order valence-corrected chi connectivity index (χ4v) is 5.24. The number of fused-ring (bicyclic) bond motifs is 2. The van der Waals surface area contributed by atoms with Crippen molar-refractivity contribution in [3.63, 3.8) is 0 Å². The van der Waals surface area contributed by atoms with Crippen molar-refractivity contribution in [3.8, 4) is 11.5 Å². The first-order valence-corrected chi connectivity index (χ1v) is 14.5. The van der Waals surface area contributed by atoms with Gasteiger partial charge in [-0.3, -0.25) is 19.5 Å². The molecule has 0 spiro atoms. The van der Waals surface area contributed by atoms with Crippen LogP contribution in [0, 0.1) is 13.8 Å². The average molecular weight is 582 g/mol. The maximum absolute atomic E-state index is 13.4. The molecular weight excluding hydrogens is 546 g/mol. The third kappa shape index (κ3) is 6.71. The third-order valence-electron chi connectivity index (χ3n) is 7.59. The number of amides is 2. The number of morpholine rings is 1. The standard InChI is InChI=1S/C33H35N5O5/c1-21-3-6-25(36-32(39)24-5-8-30-31(19-24)43-16-15-42-30)20-28(21)37-33(40)23-4-7-27-26(18-23)29(17-22(2)35-27)34-9-10-38-11-13-41-14-12-38/h3-8,17-20H,9-16H2,1-2H3,(H,34,35)(H,36,39)(H,37,40). The fraction of sp³-hybridized carbons (Fsp3) is 0.303. The van der Waals surface area contributed by atoms with Crippen LogP contribution in [0.3, 0.4) is 0 Å². The molecule has 4 aromatic rings. The number of nitrogens with one attached hydrogen (secondary N) is 3. The van der Waals surface area contributed by atoms with Crippen LogP contribution in [0.2, 0.25) is 0 Å². The van der Waals surface area contributed by atoms with Gasteiger partial charge in [0, 0.05) is 65.4 Å². The highest BCUT2D eigenvalue weighted by molar-refractivity contribution is 6.09. The highest BCUT2D eigenvalue weighted by Crippen LogP contribution is 2.31. The molecule has 222 valence electrons. The normalized spacial score (nSPS) is 14.7. The van der Waals surface area contributed by atoms with Gasteiger partial charge in [-0.15, -0.1) is 0 Å². The van der Waals surface area contributed by atoms with E-state index in [1.807, 2.05) is 38.1 Å². The second kappa shape index (κ2) is 12.7. The smallest absolute Gasteiger partial charge is 0.255 e. The SMILES string of the molecule is Cc1cc(NCCN2CCOCC2)c2cc(C(=O)Nc3cc(NC(=O)c4ccc5c(c4)OCCO5)ccc3C)ccc2n1. The Morgan fingerprint density at radius 3 is 2.37 bits per heavy atom. The van der Waals surface area contributed by atoms with Gasteiger partial charge in [-0.2, -0.15) is 0 Å². The topological polar surface area (TPSA) is 114 Å². The number of aryl methyl sites for hydroxylation is 2. The molecular formula is C33H35N5O5. The quantitative estimate of drug-likeness (QED) is 0.270. The number of hydrogen-bond donors (Lipinski definition) is 3. The maximum Gasteiger partial charge on any atom is 0.255 e. The van der Waals surface area contributed by atoms with Crippen LogP contribution in [0.1, 0.15) is 32.0 Å². The Morgan fingerprint density at radius 1 is 0.791 bits per heavy atom. The summed E-state index contributed by atoms with van der Waals surface area (Å²) in [5.41, 5.74) is 5.68. The third-order valence-corrected chi connectivity index (χ3v) is 7.59. The summed E-state index contributed by atoms with van der Waals surface area (Å²) in [6.45, 7) is 9.90. The van der Waals surface area contributed by atoms with Crippen molar-refractivity contribution >= 4 is 39.8 Å². The van der Waals surface area contributed by atoms with Gasteiger partial charge in [0.05, 0.1) is 18.7 Å². The zero-order valence-electron chi connectivity index (χ0n) is 24.4. The van der Waals surface area contributed by atoms with Crippen LogP contribution in [0.25, 0.3) is 10.9 Å². The van der Waals surface area contributed by atoms with Crippen LogP contribution in [-0.2, 0) is 4.74 Å². The first kappa shape index (κ1) is 28.4. The van der Waals surface area contributed by atoms with Crippen LogP contribution < -0.4 is 25.4 Å². The van der Waals surface area contributed by atoms with Crippen molar-refractivity contribution in [1.82, 2.24) is 9.88 Å². The molecule has 2 amide bonds. The lowest BCUT2D eigenvalue weighted by molar-refractivity contribution is 0.0398. The molecule has 0 bridgehead atoms. The number of nitrogens with zero attached hydrogens (tertiary/aromatic N) is 2. The number of carbonyl (C=O) groups excluding carboxylic acids is 2. The van der Waals surface area contributed by atoms with Crippen LogP contribution >= 0.6 is 0 Å². The number of benzene rings is 3. The van der Waals surface area contributed by atoms with Crippen molar-refractivity contribution in [2.24, 2.45) is 0 Å². The summed E-state index contributed by atoms with van der Waals surface area (Å²) in [4.78, 5) is 33.4. The van der Waals surface area contributed by atoms with Crippen LogP contribution in [0.15, 0.2) is 60.7 Å². The average Bonchev–Trinajstić information content (AvgIpc) is 3.02. The Balaban J connectivity index is 1.16. The lowest BCUT2D eigenvalue weighted by Gasteiger charge is -2.26. The number of pyridine rings is 1. The molecule has 2 aliphatic rings. The van der Waals surface area contributed by atoms with Gasteiger partial charge in [-0.1, -0.05) is 6.07 Å². The summed E-state index contributed by atoms with van der Waals surface area (Å²) < 4.78 is 16.6. The van der Waals surface area contributed by atoms with Crippen molar-refractivity contribution in [1.29, 1.82) is 0 Å². The zero-order chi connectivity index (χ0) is 29.8. The van der Waals surface area contributed by atoms with E-state index in [2.05, 4.69) is 25.8 Å². The molecule has 3 N–H and O–H groups in total. The maximum atomic E-state index is 13.4. The number of ether oxygens (including phenoxy) is 3. The highest BCUT2D eigenvalue weighted by atomic mass is 16.6. The summed E-state index contributed by atoms with van der Waals surface area (Å²) in [7, 11) is 0. The summed E-state index contributed by atoms with van der Waals surface area (Å²) in [5, 5.41) is 10.4. The minimum absolute atomic E-state index is 0.250. The van der Waals surface area contributed by atoms with E-state index in [0.29, 0.717) is 47.2 Å². The van der Waals surface area contributed by atoms with E-state index in [9.17, 15) is 9.59 Å². The molecule has 10 nitrogen and oxygen atoms in total. The van der Waals surface area contributed by atoms with Crippen LogP contribution in [0.4, 0.5) is 17.1 Å². The largest absolute Gasteiger partial charge is 0.486 e. The molecule has 0 radical (unpaired) electrons. The Labute approximate surface area is 250 Å². The minimum Gasteiger partial charge on any atom is -0.486 e. The van der Waals surface area contributed by atoms with E-state index in [1.54, 1.807) is 36.4 Å². The number of hydrogen-bond acceptors (Lipinski definition) is 8. The van der Waals surface area contributed by atoms with Gasteiger partial charge in [0.25, 0.3) is 11.8 Å². The van der Waals surface area contributed by atoms with Crippen molar-refractivity contribution in [2.75, 3.05) is 68.6 Å². The molecule has 2 aliphatic heterocycles. The molecule has 0 saturated carbocycles. The molecule has 3 aromatic carbocycles. The number of rotatable bonds is 8. The van der Waals surface area contributed by atoms with E-state index in [4.69, 9.17) is 14.2 Å². The molecule has 6 rings (SSSR count). The summed E-state index contributed by atoms with van der Waals surface area (Å²) in [6, 6.07) is 18.1. The van der Waals surface area contributed by atoms with Gasteiger partial charge in [-0.25, -0.2) is 0 Å². The fourth-order valence-electron chi connectivity index (χ4n) is 5.24. The van der Waals surface area contributed by atoms with Crippen molar-refractivity contribution in [2.45, 2.75) is 13.8 Å². The van der Waals surface area contributed by atoms with E-state index in [1.165, 1.54) is 0 Å². The first-order chi connectivity index (χ1) is 20.9. The molecule has 0 atom stereocenters. The Morgan fingerprint density at radius 2 is 1.53 bits per heavy atom. The van der Waals surface area contributed by atoms with E-state index < -0.39 is 0 Å². The van der Waals surface area contributed by atoms with Gasteiger partial charge in [0.15, 0.2) is 11.5 Å². The molecule has 10 heteroatoms. The van der Waals surface area contributed by atoms with Gasteiger partial charge in [0.2, 0.25) is 0 Å². The summed E-state index contributed by atoms with van der Waals surface area (Å²) >= 11 is 0. The Hall–Kier alpha value is -4.67. The van der Waals surface area contributed by atoms with Crippen LogP contribution in [0.5, 0.6) is 11.5 Å². The Kier molecular flexibility index (Phi) is 8.39. The van der Waals surface area contributed by atoms with Crippen LogP contribution in [-0.4, -0.2) is 74.3 Å². The molecule has 1 aromatic heterocycles. The van der Waals surface area contributed by atoms with E-state index >= 15 is 0 Å². The molecule has 0 unspecified atom stereocenters. The summed E-state index contributed by atoms with van der Waals surface area (Å²) in [5.74, 6) is 0.634. The van der Waals surface area contributed by atoms with E-state index in [-0.39, 0.29) is 11.8 Å². The number of anilines is 3. The van der Waals surface area contributed by atoms with Gasteiger partial charge >= 0.3 is 0 Å². The predicted molar refractivity (Wildman–Crippen MR) is 167 cm³/mol. The van der Waals surface area contributed by atoms with Crippen molar-refractivity contribution < 1.29 is 23.8 Å². The van der Waals surface area contributed by atoms with Gasteiger partial charge in [-0.05, 0) is 74.0 Å². The molecule has 1 saturated heterocycles. The molecule has 0 aliphatic carbocycles. The lowest BCUT2D eigenvalue weighted by Crippen LogP contribution is -2.39. The number of carbonyl (C=O) groups is 2. The predicted octanol–water partition coefficient (Wildman–Crippen LogP) is 4.87. The number of aromatic nitrogens is 1. The molecule has 1 fully saturated rings. The first-order valence-electron chi connectivity index (χ1n) is 14.5. The zero-order valence-corrected chi connectivity index (χ0v) is 24.4. The van der Waals surface area contributed by atoms with E-state index in [0.717, 1.165) is 67.2 Å². The lowest BCUT2D eigenvalue weighted by atomic mass is 10.1. The monoisotopic (exact) mass is 581 g/mol. The Bertz CT molecular complexity index is 1670. The highest BCUT2D eigenvalue weighted by Gasteiger charge is 2.17. The van der Waals surface area contributed by atoms with Gasteiger partial charge in [0.1, 0.15) is 13.2 Å². The minimum atomic E-state index is -0.288. The second-order valence-electron chi connectivity index (χ2n) is 10.7. The van der Waals surface area contributed by atoms with Gasteiger partial charge < -0.3 is 30.2 Å². The molecule has 3 heterocycles. The molecule has 43 heavy (non-hydrogen) atoms. The second-order valence-corrected chi connectivity index (χ2v) is 10.7.